The van der Waals surface area contributed by atoms with Crippen molar-refractivity contribution in [2.24, 2.45) is 0 Å². The van der Waals surface area contributed by atoms with E-state index in [1.165, 1.54) is 12.8 Å². The highest BCUT2D eigenvalue weighted by molar-refractivity contribution is 5.40. The van der Waals surface area contributed by atoms with Crippen LogP contribution in [0, 0.1) is 0 Å². The molecule has 2 aliphatic rings. The molecule has 0 amide bonds. The molecule has 1 atom stereocenters. The monoisotopic (exact) mass is 412 g/mol. The fourth-order valence-corrected chi connectivity index (χ4v) is 4.26. The molecule has 0 spiro atoms. The second-order valence-corrected chi connectivity index (χ2v) is 8.02. The van der Waals surface area contributed by atoms with E-state index in [0.717, 1.165) is 80.9 Å². The van der Waals surface area contributed by atoms with Crippen molar-refractivity contribution in [1.82, 2.24) is 14.9 Å². The number of anilines is 1. The van der Waals surface area contributed by atoms with E-state index in [9.17, 15) is 0 Å². The standard InChI is InChI=1S/C23H32N4O3/c1-28-20-8-7-18(22(14-20)29-2)15-26(17-21-6-5-13-30-21)16-19-9-10-24-23(25-19)27-11-3-4-12-27/h7-10,14,21H,3-6,11-13,15-17H2,1-2H3. The van der Waals surface area contributed by atoms with Crippen LogP contribution in [0.4, 0.5) is 5.95 Å². The first-order chi connectivity index (χ1) is 14.7. The van der Waals surface area contributed by atoms with Crippen molar-refractivity contribution >= 4 is 5.95 Å². The molecule has 0 N–H and O–H groups in total. The summed E-state index contributed by atoms with van der Waals surface area (Å²) in [5.74, 6) is 2.49. The Morgan fingerprint density at radius 1 is 1.10 bits per heavy atom. The van der Waals surface area contributed by atoms with Gasteiger partial charge < -0.3 is 19.1 Å². The molecule has 2 fully saturated rings. The molecule has 2 aliphatic heterocycles. The van der Waals surface area contributed by atoms with E-state index in [2.05, 4.69) is 20.9 Å². The predicted octanol–water partition coefficient (Wildman–Crippen LogP) is 3.28. The lowest BCUT2D eigenvalue weighted by Gasteiger charge is -2.26. The van der Waals surface area contributed by atoms with Gasteiger partial charge in [-0.2, -0.15) is 0 Å². The summed E-state index contributed by atoms with van der Waals surface area (Å²) in [4.78, 5) is 14.0. The third-order valence-corrected chi connectivity index (χ3v) is 5.85. The van der Waals surface area contributed by atoms with E-state index in [-0.39, 0.29) is 6.10 Å². The topological polar surface area (TPSA) is 60.0 Å². The number of nitrogens with zero attached hydrogens (tertiary/aromatic N) is 4. The number of hydrogen-bond acceptors (Lipinski definition) is 7. The first-order valence-corrected chi connectivity index (χ1v) is 10.9. The Labute approximate surface area is 179 Å². The van der Waals surface area contributed by atoms with Crippen molar-refractivity contribution in [3.05, 3.63) is 41.7 Å². The average molecular weight is 413 g/mol. The lowest BCUT2D eigenvalue weighted by molar-refractivity contribution is 0.0672. The zero-order valence-corrected chi connectivity index (χ0v) is 18.0. The average Bonchev–Trinajstić information content (AvgIpc) is 3.48. The van der Waals surface area contributed by atoms with Crippen LogP contribution < -0.4 is 14.4 Å². The van der Waals surface area contributed by atoms with Gasteiger partial charge in [0.1, 0.15) is 11.5 Å². The van der Waals surface area contributed by atoms with Crippen LogP contribution in [0.3, 0.4) is 0 Å². The van der Waals surface area contributed by atoms with Gasteiger partial charge in [-0.3, -0.25) is 4.90 Å². The zero-order valence-electron chi connectivity index (χ0n) is 18.0. The highest BCUT2D eigenvalue weighted by atomic mass is 16.5. The summed E-state index contributed by atoms with van der Waals surface area (Å²) in [7, 11) is 3.38. The summed E-state index contributed by atoms with van der Waals surface area (Å²) >= 11 is 0. The summed E-state index contributed by atoms with van der Waals surface area (Å²) in [5, 5.41) is 0. The van der Waals surface area contributed by atoms with Crippen molar-refractivity contribution in [2.75, 3.05) is 45.4 Å². The van der Waals surface area contributed by atoms with Crippen LogP contribution in [0.25, 0.3) is 0 Å². The van der Waals surface area contributed by atoms with Crippen LogP contribution >= 0.6 is 0 Å². The second kappa shape index (κ2) is 10.1. The molecular weight excluding hydrogens is 380 g/mol. The Balaban J connectivity index is 1.52. The number of ether oxygens (including phenoxy) is 3. The number of benzene rings is 1. The van der Waals surface area contributed by atoms with Crippen molar-refractivity contribution in [3.63, 3.8) is 0 Å². The minimum atomic E-state index is 0.272. The summed E-state index contributed by atoms with van der Waals surface area (Å²) in [6.07, 6.45) is 6.84. The molecule has 4 rings (SSSR count). The van der Waals surface area contributed by atoms with Crippen molar-refractivity contribution in [1.29, 1.82) is 0 Å². The Morgan fingerprint density at radius 2 is 1.97 bits per heavy atom. The Bertz CT molecular complexity index is 820. The zero-order chi connectivity index (χ0) is 20.8. The molecule has 0 bridgehead atoms. The van der Waals surface area contributed by atoms with Crippen LogP contribution in [0.5, 0.6) is 11.5 Å². The van der Waals surface area contributed by atoms with E-state index in [1.807, 2.05) is 24.4 Å². The maximum Gasteiger partial charge on any atom is 0.225 e. The number of aromatic nitrogens is 2. The van der Waals surface area contributed by atoms with Gasteiger partial charge >= 0.3 is 0 Å². The van der Waals surface area contributed by atoms with Gasteiger partial charge in [0.25, 0.3) is 0 Å². The second-order valence-electron chi connectivity index (χ2n) is 8.02. The minimum absolute atomic E-state index is 0.272. The normalized spacial score (nSPS) is 18.9. The quantitative estimate of drug-likeness (QED) is 0.626. The fraction of sp³-hybridized carbons (Fsp3) is 0.565. The third kappa shape index (κ3) is 5.21. The van der Waals surface area contributed by atoms with E-state index in [0.29, 0.717) is 0 Å². The molecule has 1 unspecified atom stereocenters. The summed E-state index contributed by atoms with van der Waals surface area (Å²) < 4.78 is 16.9. The first-order valence-electron chi connectivity index (χ1n) is 10.9. The fourth-order valence-electron chi connectivity index (χ4n) is 4.26. The van der Waals surface area contributed by atoms with Gasteiger partial charge in [0.2, 0.25) is 5.95 Å². The smallest absolute Gasteiger partial charge is 0.225 e. The van der Waals surface area contributed by atoms with Crippen LogP contribution in [0.1, 0.15) is 36.9 Å². The highest BCUT2D eigenvalue weighted by Crippen LogP contribution is 2.27. The molecule has 0 radical (unpaired) electrons. The molecule has 1 aromatic carbocycles. The molecule has 3 heterocycles. The van der Waals surface area contributed by atoms with Gasteiger partial charge in [-0.05, 0) is 37.8 Å². The SMILES string of the molecule is COc1ccc(CN(Cc2ccnc(N3CCCC3)n2)CC2CCCO2)c(OC)c1. The molecule has 0 saturated carbocycles. The Kier molecular flexibility index (Phi) is 7.02. The lowest BCUT2D eigenvalue weighted by Crippen LogP contribution is -2.32. The largest absolute Gasteiger partial charge is 0.497 e. The Hall–Kier alpha value is -2.38. The molecule has 1 aromatic heterocycles. The van der Waals surface area contributed by atoms with Gasteiger partial charge in [0.05, 0.1) is 26.0 Å². The van der Waals surface area contributed by atoms with Gasteiger partial charge in [0, 0.05) is 57.2 Å². The van der Waals surface area contributed by atoms with Crippen LogP contribution in [-0.2, 0) is 17.8 Å². The number of hydrogen-bond donors (Lipinski definition) is 0. The molecule has 0 aliphatic carbocycles. The highest BCUT2D eigenvalue weighted by Gasteiger charge is 2.22. The van der Waals surface area contributed by atoms with Gasteiger partial charge in [0.15, 0.2) is 0 Å². The molecule has 2 aromatic rings. The molecule has 162 valence electrons. The maximum absolute atomic E-state index is 5.92. The molecular formula is C23H32N4O3. The van der Waals surface area contributed by atoms with Gasteiger partial charge in [-0.25, -0.2) is 9.97 Å². The van der Waals surface area contributed by atoms with Crippen LogP contribution in [0.15, 0.2) is 30.5 Å². The van der Waals surface area contributed by atoms with Crippen molar-refractivity contribution in [3.8, 4) is 11.5 Å². The maximum atomic E-state index is 5.92. The van der Waals surface area contributed by atoms with Crippen LogP contribution in [0.2, 0.25) is 0 Å². The van der Waals surface area contributed by atoms with E-state index >= 15 is 0 Å². The first kappa shape index (κ1) is 20.9. The molecule has 7 heteroatoms. The van der Waals surface area contributed by atoms with Gasteiger partial charge in [-0.15, -0.1) is 0 Å². The number of methoxy groups -OCH3 is 2. The number of rotatable bonds is 9. The Morgan fingerprint density at radius 3 is 2.70 bits per heavy atom. The lowest BCUT2D eigenvalue weighted by atomic mass is 10.1. The summed E-state index contributed by atoms with van der Waals surface area (Å²) in [5.41, 5.74) is 2.17. The van der Waals surface area contributed by atoms with Crippen molar-refractivity contribution in [2.45, 2.75) is 44.9 Å². The minimum Gasteiger partial charge on any atom is -0.497 e. The summed E-state index contributed by atoms with van der Waals surface area (Å²) in [6, 6.07) is 8.02. The van der Waals surface area contributed by atoms with Gasteiger partial charge in [-0.1, -0.05) is 6.07 Å². The molecule has 7 nitrogen and oxygen atoms in total. The van der Waals surface area contributed by atoms with E-state index < -0.39 is 0 Å². The predicted molar refractivity (Wildman–Crippen MR) is 116 cm³/mol. The third-order valence-electron chi connectivity index (χ3n) is 5.85. The molecule has 2 saturated heterocycles. The van der Waals surface area contributed by atoms with Crippen LogP contribution in [-0.4, -0.2) is 61.4 Å². The van der Waals surface area contributed by atoms with E-state index in [4.69, 9.17) is 19.2 Å². The van der Waals surface area contributed by atoms with Crippen molar-refractivity contribution < 1.29 is 14.2 Å². The summed E-state index contributed by atoms with van der Waals surface area (Å²) in [6.45, 7) is 5.34. The van der Waals surface area contributed by atoms with E-state index in [1.54, 1.807) is 14.2 Å². The molecule has 30 heavy (non-hydrogen) atoms.